The molecule has 1 unspecified atom stereocenters. The highest BCUT2D eigenvalue weighted by Crippen LogP contribution is 2.42. The molecule has 4 heterocycles. The molecule has 9 nitrogen and oxygen atoms in total. The Balaban J connectivity index is 1.43. The van der Waals surface area contributed by atoms with Crippen molar-refractivity contribution in [1.82, 2.24) is 13.9 Å². The molecule has 214 valence electrons. The first-order valence-electron chi connectivity index (χ1n) is 13.7. The summed E-state index contributed by atoms with van der Waals surface area (Å²) in [7, 11) is -2.95. The Morgan fingerprint density at radius 2 is 1.76 bits per heavy atom. The van der Waals surface area contributed by atoms with E-state index in [1.165, 1.54) is 3.97 Å². The molecule has 1 atom stereocenters. The van der Waals surface area contributed by atoms with Crippen LogP contribution in [0, 0.1) is 0 Å². The van der Waals surface area contributed by atoms with Gasteiger partial charge in [-0.1, -0.05) is 24.3 Å². The minimum Gasteiger partial charge on any atom is -0.491 e. The van der Waals surface area contributed by atoms with Crippen molar-refractivity contribution in [2.24, 2.45) is 0 Å². The van der Waals surface area contributed by atoms with Gasteiger partial charge in [-0.15, -0.1) is 0 Å². The maximum Gasteiger partial charge on any atom is 0.494 e. The van der Waals surface area contributed by atoms with Crippen LogP contribution >= 0.6 is 0 Å². The standard InChI is InChI=1S/C30H34BN3O6S/c1-28(2)29(3,4)40-31(39-28)21-9-7-13-30(5,18-21)41(36,37)34-19-24(22-10-8-14-32-26(22)34)20-11-12-23-25(17-20)38-16-15-33(6)27(23)35/h7-12,14,17-19H,13,15-16H2,1-6H3. The number of benzene rings is 1. The SMILES string of the molecule is CN1CCOc2cc(-c3cn(S(=O)(=O)C4(C)C=C(B5OC(C)(C)C(C)(C)O5)C=CC4)c4ncccc34)ccc2C1=O. The van der Waals surface area contributed by atoms with Gasteiger partial charge in [-0.05, 0) is 76.3 Å². The van der Waals surface area contributed by atoms with E-state index in [0.29, 0.717) is 46.5 Å². The van der Waals surface area contributed by atoms with Gasteiger partial charge in [0.1, 0.15) is 17.1 Å². The summed E-state index contributed by atoms with van der Waals surface area (Å²) in [5, 5.41) is 0.679. The zero-order valence-corrected chi connectivity index (χ0v) is 25.0. The number of amides is 1. The second-order valence-electron chi connectivity index (χ2n) is 12.2. The van der Waals surface area contributed by atoms with Gasteiger partial charge in [0.2, 0.25) is 10.0 Å². The van der Waals surface area contributed by atoms with Gasteiger partial charge in [0.15, 0.2) is 5.65 Å². The van der Waals surface area contributed by atoms with Crippen LogP contribution in [0.2, 0.25) is 0 Å². The number of carbonyl (C=O) groups is 1. The van der Waals surface area contributed by atoms with Crippen LogP contribution in [0.4, 0.5) is 0 Å². The molecule has 1 aliphatic carbocycles. The molecular formula is C30H34BN3O6S. The number of allylic oxidation sites excluding steroid dienone is 3. The molecule has 2 aliphatic heterocycles. The Labute approximate surface area is 241 Å². The van der Waals surface area contributed by atoms with Crippen LogP contribution in [0.5, 0.6) is 5.75 Å². The first-order valence-corrected chi connectivity index (χ1v) is 15.2. The molecule has 11 heteroatoms. The molecule has 0 N–H and O–H groups in total. The lowest BCUT2D eigenvalue weighted by Crippen LogP contribution is -2.41. The van der Waals surface area contributed by atoms with E-state index in [1.807, 2.05) is 52.0 Å². The normalized spacial score (nSPS) is 23.8. The van der Waals surface area contributed by atoms with Gasteiger partial charge in [-0.3, -0.25) is 4.79 Å². The van der Waals surface area contributed by atoms with Gasteiger partial charge in [0, 0.05) is 30.4 Å². The molecule has 1 aromatic carbocycles. The number of aromatic nitrogens is 2. The van der Waals surface area contributed by atoms with Crippen LogP contribution in [0.15, 0.2) is 66.4 Å². The zero-order valence-electron chi connectivity index (χ0n) is 24.2. The topological polar surface area (TPSA) is 100.0 Å². The molecule has 1 fully saturated rings. The molecule has 6 rings (SSSR count). The van der Waals surface area contributed by atoms with Crippen molar-refractivity contribution in [3.63, 3.8) is 0 Å². The van der Waals surface area contributed by atoms with Gasteiger partial charge < -0.3 is 18.9 Å². The summed E-state index contributed by atoms with van der Waals surface area (Å²) in [5.74, 6) is 0.363. The summed E-state index contributed by atoms with van der Waals surface area (Å²) in [6.07, 6.45) is 8.97. The summed E-state index contributed by atoms with van der Waals surface area (Å²) >= 11 is 0. The van der Waals surface area contributed by atoms with E-state index in [2.05, 4.69) is 4.98 Å². The third-order valence-corrected chi connectivity index (χ3v) is 11.0. The van der Waals surface area contributed by atoms with E-state index in [1.54, 1.807) is 55.5 Å². The Bertz CT molecular complexity index is 1730. The molecule has 0 bridgehead atoms. The lowest BCUT2D eigenvalue weighted by atomic mass is 9.74. The van der Waals surface area contributed by atoms with Crippen LogP contribution in [0.3, 0.4) is 0 Å². The summed E-state index contributed by atoms with van der Waals surface area (Å²) in [4.78, 5) is 18.9. The van der Waals surface area contributed by atoms with Gasteiger partial charge in [-0.25, -0.2) is 17.4 Å². The van der Waals surface area contributed by atoms with Crippen LogP contribution < -0.4 is 4.74 Å². The second-order valence-corrected chi connectivity index (χ2v) is 14.4. The number of ether oxygens (including phenoxy) is 1. The minimum absolute atomic E-state index is 0.112. The predicted molar refractivity (Wildman–Crippen MR) is 158 cm³/mol. The highest BCUT2D eigenvalue weighted by atomic mass is 32.2. The summed E-state index contributed by atoms with van der Waals surface area (Å²) in [5.41, 5.74) is 1.79. The number of nitrogens with zero attached hydrogens (tertiary/aromatic N) is 3. The van der Waals surface area contributed by atoms with Crippen LogP contribution in [-0.4, -0.2) is 71.4 Å². The number of hydrogen-bond acceptors (Lipinski definition) is 7. The minimum atomic E-state index is -4.01. The number of hydrogen-bond donors (Lipinski definition) is 0. The molecule has 1 amide bonds. The maximum atomic E-state index is 14.4. The van der Waals surface area contributed by atoms with E-state index < -0.39 is 33.1 Å². The fourth-order valence-electron chi connectivity index (χ4n) is 5.45. The van der Waals surface area contributed by atoms with Crippen molar-refractivity contribution >= 4 is 34.1 Å². The zero-order chi connectivity index (χ0) is 29.4. The molecule has 3 aromatic rings. The molecule has 41 heavy (non-hydrogen) atoms. The van der Waals surface area contributed by atoms with Gasteiger partial charge >= 0.3 is 7.12 Å². The quantitative estimate of drug-likeness (QED) is 0.419. The average Bonchev–Trinajstić information content (AvgIpc) is 3.37. The van der Waals surface area contributed by atoms with Gasteiger partial charge in [0.25, 0.3) is 5.91 Å². The fraction of sp³-hybridized carbons (Fsp3) is 0.400. The third-order valence-electron chi connectivity index (χ3n) is 8.77. The lowest BCUT2D eigenvalue weighted by Gasteiger charge is -2.32. The summed E-state index contributed by atoms with van der Waals surface area (Å²) in [6, 6.07) is 8.98. The molecular weight excluding hydrogens is 541 g/mol. The molecule has 1 saturated heterocycles. The molecule has 0 saturated carbocycles. The number of pyridine rings is 1. The third kappa shape index (κ3) is 4.33. The Morgan fingerprint density at radius 1 is 1.02 bits per heavy atom. The van der Waals surface area contributed by atoms with Crippen LogP contribution in [0.1, 0.15) is 51.4 Å². The van der Waals surface area contributed by atoms with Gasteiger partial charge in [-0.2, -0.15) is 0 Å². The number of carbonyl (C=O) groups excluding carboxylic acids is 1. The Hall–Kier alpha value is -3.41. The monoisotopic (exact) mass is 575 g/mol. The summed E-state index contributed by atoms with van der Waals surface area (Å²) < 4.78 is 47.2. The molecule has 0 spiro atoms. The van der Waals surface area contributed by atoms with Crippen LogP contribution in [-0.2, 0) is 19.3 Å². The molecule has 2 aromatic heterocycles. The first kappa shape index (κ1) is 27.7. The summed E-state index contributed by atoms with van der Waals surface area (Å²) in [6.45, 7) is 10.4. The number of fused-ring (bicyclic) bond motifs is 2. The van der Waals surface area contributed by atoms with Gasteiger partial charge in [0.05, 0.1) is 23.3 Å². The Kier molecular flexibility index (Phi) is 6.30. The maximum absolute atomic E-state index is 14.4. The predicted octanol–water partition coefficient (Wildman–Crippen LogP) is 4.62. The largest absolute Gasteiger partial charge is 0.494 e. The highest BCUT2D eigenvalue weighted by Gasteiger charge is 2.53. The van der Waals surface area contributed by atoms with E-state index in [0.717, 1.165) is 5.56 Å². The van der Waals surface area contributed by atoms with E-state index in [9.17, 15) is 13.2 Å². The van der Waals surface area contributed by atoms with E-state index >= 15 is 0 Å². The highest BCUT2D eigenvalue weighted by molar-refractivity contribution is 7.91. The van der Waals surface area contributed by atoms with Crippen molar-refractivity contribution in [2.75, 3.05) is 20.2 Å². The first-order chi connectivity index (χ1) is 19.2. The van der Waals surface area contributed by atoms with Crippen molar-refractivity contribution in [3.05, 3.63) is 72.0 Å². The number of likely N-dealkylation sites (N-methyl/N-ethyl adjacent to an activating group) is 1. The van der Waals surface area contributed by atoms with Crippen molar-refractivity contribution in [3.8, 4) is 16.9 Å². The molecule has 0 radical (unpaired) electrons. The Morgan fingerprint density at radius 3 is 2.49 bits per heavy atom. The fourth-order valence-corrected chi connectivity index (χ4v) is 7.11. The van der Waals surface area contributed by atoms with Crippen LogP contribution in [0.25, 0.3) is 22.2 Å². The van der Waals surface area contributed by atoms with Crippen molar-refractivity contribution in [2.45, 2.75) is 57.0 Å². The smallest absolute Gasteiger partial charge is 0.491 e. The van der Waals surface area contributed by atoms with Crippen molar-refractivity contribution < 1.29 is 27.3 Å². The second kappa shape index (κ2) is 9.30. The average molecular weight is 575 g/mol. The van der Waals surface area contributed by atoms with E-state index in [4.69, 9.17) is 14.0 Å². The molecule has 3 aliphatic rings. The van der Waals surface area contributed by atoms with E-state index in [-0.39, 0.29) is 12.3 Å². The van der Waals surface area contributed by atoms with Crippen molar-refractivity contribution in [1.29, 1.82) is 0 Å². The lowest BCUT2D eigenvalue weighted by molar-refractivity contribution is 0.00578. The number of rotatable bonds is 4.